The molecule has 0 aliphatic heterocycles. The summed E-state index contributed by atoms with van der Waals surface area (Å²) in [7, 11) is 0. The Morgan fingerprint density at radius 2 is 1.34 bits per heavy atom. The van der Waals surface area contributed by atoms with Crippen molar-refractivity contribution in [1.29, 1.82) is 0 Å². The Kier molecular flexibility index (Phi) is 16.2. The molecule has 0 bridgehead atoms. The van der Waals surface area contributed by atoms with E-state index < -0.39 is 90.6 Å². The van der Waals surface area contributed by atoms with Crippen LogP contribution < -0.4 is 27.0 Å². The van der Waals surface area contributed by atoms with Crippen LogP contribution in [0.3, 0.4) is 0 Å². The van der Waals surface area contributed by atoms with Gasteiger partial charge in [0.1, 0.15) is 30.2 Å². The van der Waals surface area contributed by atoms with Crippen molar-refractivity contribution in [2.45, 2.75) is 77.2 Å². The molecule has 0 aliphatic rings. The lowest BCUT2D eigenvalue weighted by Gasteiger charge is -2.28. The van der Waals surface area contributed by atoms with E-state index in [2.05, 4.69) is 21.3 Å². The largest absolute Gasteiger partial charge is 0.481 e. The average Bonchev–Trinajstić information content (AvgIpc) is 2.85. The first-order chi connectivity index (χ1) is 17.7. The van der Waals surface area contributed by atoms with Gasteiger partial charge in [0.25, 0.3) is 0 Å². The molecule has 4 amide bonds. The van der Waals surface area contributed by atoms with Gasteiger partial charge in [-0.3, -0.25) is 24.0 Å². The number of carboxylic acid groups (broad SMARTS) is 2. The van der Waals surface area contributed by atoms with Crippen molar-refractivity contribution >= 4 is 47.3 Å². The van der Waals surface area contributed by atoms with Gasteiger partial charge >= 0.3 is 11.9 Å². The van der Waals surface area contributed by atoms with Crippen molar-refractivity contribution in [3.63, 3.8) is 0 Å². The maximum Gasteiger partial charge on any atom is 0.326 e. The van der Waals surface area contributed by atoms with Crippen LogP contribution in [0.2, 0.25) is 0 Å². The summed E-state index contributed by atoms with van der Waals surface area (Å²) in [5, 5.41) is 37.3. The first-order valence-corrected chi connectivity index (χ1v) is 13.6. The quantitative estimate of drug-likeness (QED) is 0.0931. The Hall–Kier alpha value is -2.91. The third kappa shape index (κ3) is 12.1. The maximum atomic E-state index is 13.1. The Bertz CT molecular complexity index is 842. The minimum absolute atomic E-state index is 0.113. The van der Waals surface area contributed by atoms with Crippen molar-refractivity contribution in [1.82, 2.24) is 21.3 Å². The molecule has 15 heteroatoms. The van der Waals surface area contributed by atoms with Crippen LogP contribution in [0.15, 0.2) is 0 Å². The first kappa shape index (κ1) is 35.1. The number of hydrogen-bond acceptors (Lipinski definition) is 9. The number of amides is 4. The van der Waals surface area contributed by atoms with Crippen LogP contribution in [0, 0.1) is 11.8 Å². The van der Waals surface area contributed by atoms with Crippen LogP contribution in [0.1, 0.15) is 47.0 Å². The van der Waals surface area contributed by atoms with Crippen molar-refractivity contribution < 1.29 is 44.1 Å². The minimum Gasteiger partial charge on any atom is -0.481 e. The normalized spacial score (nSPS) is 15.8. The standard InChI is InChI=1S/C23H41N5O9S/c1-6-12(4)18(28-19(32)13(24)10-29)22(35)26-15(9-16(30)31)21(34)25-14(7-8-38-5)20(33)27-17(11(2)3)23(36)37/h11-15,17-18,29H,6-10,24H2,1-5H3,(H,25,34)(H,26,35)(H,27,33)(H,28,32)(H,30,31)(H,36,37)/t12-,13-,14-,15-,17-,18-/m0/s1. The zero-order valence-electron chi connectivity index (χ0n) is 22.4. The zero-order valence-corrected chi connectivity index (χ0v) is 23.2. The number of nitrogens with one attached hydrogen (secondary N) is 4. The highest BCUT2D eigenvalue weighted by Gasteiger charge is 2.34. The second-order valence-electron chi connectivity index (χ2n) is 9.23. The summed E-state index contributed by atoms with van der Waals surface area (Å²) in [4.78, 5) is 74.0. The number of aliphatic hydroxyl groups is 1. The van der Waals surface area contributed by atoms with Crippen LogP contribution >= 0.6 is 11.8 Å². The molecule has 0 aromatic rings. The summed E-state index contributed by atoms with van der Waals surface area (Å²) in [6.45, 7) is 5.95. The van der Waals surface area contributed by atoms with Gasteiger partial charge in [-0.1, -0.05) is 34.1 Å². The highest BCUT2D eigenvalue weighted by atomic mass is 32.2. The van der Waals surface area contributed by atoms with Gasteiger partial charge in [-0.05, 0) is 30.3 Å². The summed E-state index contributed by atoms with van der Waals surface area (Å²) >= 11 is 1.38. The Morgan fingerprint density at radius 1 is 0.816 bits per heavy atom. The summed E-state index contributed by atoms with van der Waals surface area (Å²) in [6.07, 6.45) is 1.49. The molecule has 0 fully saturated rings. The molecule has 0 spiro atoms. The van der Waals surface area contributed by atoms with Crippen LogP contribution in [0.4, 0.5) is 0 Å². The average molecular weight is 564 g/mol. The molecular weight excluding hydrogens is 522 g/mol. The van der Waals surface area contributed by atoms with Gasteiger partial charge in [0.2, 0.25) is 23.6 Å². The monoisotopic (exact) mass is 563 g/mol. The summed E-state index contributed by atoms with van der Waals surface area (Å²) in [5.41, 5.74) is 5.50. The molecule has 9 N–H and O–H groups in total. The van der Waals surface area contributed by atoms with Crippen LogP contribution in [0.5, 0.6) is 0 Å². The summed E-state index contributed by atoms with van der Waals surface area (Å²) in [5.74, 6) is -6.53. The zero-order chi connectivity index (χ0) is 29.6. The van der Waals surface area contributed by atoms with Crippen molar-refractivity contribution in [3.05, 3.63) is 0 Å². The van der Waals surface area contributed by atoms with Crippen LogP contribution in [-0.4, -0.2) is 99.7 Å². The van der Waals surface area contributed by atoms with Crippen LogP contribution in [0.25, 0.3) is 0 Å². The molecule has 14 nitrogen and oxygen atoms in total. The number of carbonyl (C=O) groups is 6. The van der Waals surface area contributed by atoms with E-state index in [0.29, 0.717) is 12.2 Å². The first-order valence-electron chi connectivity index (χ1n) is 12.2. The van der Waals surface area contributed by atoms with Gasteiger partial charge in [0, 0.05) is 0 Å². The molecule has 0 unspecified atom stereocenters. The molecule has 0 radical (unpaired) electrons. The third-order valence-electron chi connectivity index (χ3n) is 5.81. The lowest BCUT2D eigenvalue weighted by Crippen LogP contribution is -2.60. The highest BCUT2D eigenvalue weighted by Crippen LogP contribution is 2.10. The number of rotatable bonds is 18. The molecule has 0 aliphatic carbocycles. The number of aliphatic hydroxyl groups excluding tert-OH is 1. The predicted molar refractivity (Wildman–Crippen MR) is 140 cm³/mol. The predicted octanol–water partition coefficient (Wildman–Crippen LogP) is -1.74. The van der Waals surface area contributed by atoms with Crippen LogP contribution in [-0.2, 0) is 28.8 Å². The SMILES string of the molecule is CC[C@H](C)[C@H](NC(=O)[C@@H](N)CO)C(=O)N[C@@H](CC(=O)O)C(=O)N[C@@H](CCSC)C(=O)N[C@H](C(=O)O)C(C)C. The fraction of sp³-hybridized carbons (Fsp3) is 0.739. The molecule has 0 heterocycles. The van der Waals surface area contributed by atoms with Gasteiger partial charge < -0.3 is 42.3 Å². The fourth-order valence-corrected chi connectivity index (χ4v) is 3.71. The number of carbonyl (C=O) groups excluding carboxylic acids is 4. The highest BCUT2D eigenvalue weighted by molar-refractivity contribution is 7.98. The molecule has 0 rings (SSSR count). The summed E-state index contributed by atoms with van der Waals surface area (Å²) < 4.78 is 0. The van der Waals surface area contributed by atoms with E-state index in [4.69, 9.17) is 10.8 Å². The molecular formula is C23H41N5O9S. The van der Waals surface area contributed by atoms with E-state index in [9.17, 15) is 39.0 Å². The number of hydrogen-bond donors (Lipinski definition) is 8. The lowest BCUT2D eigenvalue weighted by molar-refractivity contribution is -0.144. The number of aliphatic carboxylic acids is 2. The Labute approximate surface area is 226 Å². The molecule has 0 saturated carbocycles. The number of thioether (sulfide) groups is 1. The van der Waals surface area contributed by atoms with E-state index in [1.54, 1.807) is 34.0 Å². The van der Waals surface area contributed by atoms with Crippen molar-refractivity contribution in [2.75, 3.05) is 18.6 Å². The molecule has 218 valence electrons. The Morgan fingerprint density at radius 3 is 1.79 bits per heavy atom. The fourth-order valence-electron chi connectivity index (χ4n) is 3.23. The van der Waals surface area contributed by atoms with Gasteiger partial charge in [0.15, 0.2) is 0 Å². The lowest BCUT2D eigenvalue weighted by atomic mass is 9.97. The van der Waals surface area contributed by atoms with Gasteiger partial charge in [-0.15, -0.1) is 0 Å². The maximum absolute atomic E-state index is 13.1. The second-order valence-corrected chi connectivity index (χ2v) is 10.2. The third-order valence-corrected chi connectivity index (χ3v) is 6.46. The molecule has 0 aromatic heterocycles. The minimum atomic E-state index is -1.61. The van der Waals surface area contributed by atoms with E-state index in [1.165, 1.54) is 11.8 Å². The van der Waals surface area contributed by atoms with Gasteiger partial charge in [0.05, 0.1) is 13.0 Å². The van der Waals surface area contributed by atoms with Gasteiger partial charge in [-0.2, -0.15) is 11.8 Å². The van der Waals surface area contributed by atoms with E-state index in [1.807, 2.05) is 0 Å². The van der Waals surface area contributed by atoms with Gasteiger partial charge in [-0.25, -0.2) is 4.79 Å². The molecule has 38 heavy (non-hydrogen) atoms. The summed E-state index contributed by atoms with van der Waals surface area (Å²) in [6, 6.07) is -6.50. The Balaban J connectivity index is 5.84. The molecule has 0 saturated heterocycles. The van der Waals surface area contributed by atoms with Crippen molar-refractivity contribution in [2.24, 2.45) is 17.6 Å². The molecule has 6 atom stereocenters. The van der Waals surface area contributed by atoms with E-state index in [0.717, 1.165) is 0 Å². The van der Waals surface area contributed by atoms with E-state index >= 15 is 0 Å². The number of nitrogens with two attached hydrogens (primary N) is 1. The smallest absolute Gasteiger partial charge is 0.326 e. The van der Waals surface area contributed by atoms with Crippen molar-refractivity contribution in [3.8, 4) is 0 Å². The molecule has 0 aromatic carbocycles. The topological polar surface area (TPSA) is 237 Å². The van der Waals surface area contributed by atoms with E-state index in [-0.39, 0.29) is 6.42 Å². The second kappa shape index (κ2) is 17.6. The number of carboxylic acids is 2.